The topological polar surface area (TPSA) is 42.9 Å². The maximum absolute atomic E-state index is 13.4. The minimum atomic E-state index is -0.266. The Morgan fingerprint density at radius 3 is 2.47 bits per heavy atom. The molecule has 1 aromatic heterocycles. The number of halogens is 1. The van der Waals surface area contributed by atoms with Gasteiger partial charge in [0.25, 0.3) is 0 Å². The first kappa shape index (κ1) is 11.4. The molecule has 0 atom stereocenters. The van der Waals surface area contributed by atoms with E-state index in [4.69, 9.17) is 0 Å². The van der Waals surface area contributed by atoms with Crippen molar-refractivity contribution in [3.63, 3.8) is 0 Å². The molecular weight excluding hydrogens is 219 g/mol. The Kier molecular flexibility index (Phi) is 2.95. The second-order valence-electron chi connectivity index (χ2n) is 3.76. The van der Waals surface area contributed by atoms with Crippen LogP contribution in [0.15, 0.2) is 30.6 Å². The SMILES string of the molecule is CC(=O)c1ncc(-c2cccc(F)c2C)cn1. The number of ketones is 1. The third-order valence-corrected chi connectivity index (χ3v) is 2.55. The molecule has 0 spiro atoms. The third kappa shape index (κ3) is 2.20. The molecule has 0 fully saturated rings. The summed E-state index contributed by atoms with van der Waals surface area (Å²) >= 11 is 0. The van der Waals surface area contributed by atoms with E-state index in [1.807, 2.05) is 0 Å². The first-order valence-electron chi connectivity index (χ1n) is 5.18. The number of carbonyl (C=O) groups is 1. The molecule has 0 aliphatic rings. The van der Waals surface area contributed by atoms with E-state index in [2.05, 4.69) is 9.97 Å². The Balaban J connectivity index is 2.47. The van der Waals surface area contributed by atoms with Crippen LogP contribution in [0.25, 0.3) is 11.1 Å². The van der Waals surface area contributed by atoms with Gasteiger partial charge in [-0.3, -0.25) is 4.79 Å². The molecule has 0 radical (unpaired) electrons. The number of nitrogens with zero attached hydrogens (tertiary/aromatic N) is 2. The second-order valence-corrected chi connectivity index (χ2v) is 3.76. The predicted octanol–water partition coefficient (Wildman–Crippen LogP) is 2.79. The smallest absolute Gasteiger partial charge is 0.196 e. The van der Waals surface area contributed by atoms with E-state index in [0.29, 0.717) is 11.1 Å². The summed E-state index contributed by atoms with van der Waals surface area (Å²) in [5.41, 5.74) is 1.98. The Morgan fingerprint density at radius 2 is 1.88 bits per heavy atom. The lowest BCUT2D eigenvalue weighted by molar-refractivity contribution is 0.100. The zero-order chi connectivity index (χ0) is 12.4. The zero-order valence-electron chi connectivity index (χ0n) is 9.57. The van der Waals surface area contributed by atoms with Crippen molar-refractivity contribution in [2.45, 2.75) is 13.8 Å². The Hall–Kier alpha value is -2.10. The Morgan fingerprint density at radius 1 is 1.24 bits per heavy atom. The van der Waals surface area contributed by atoms with Gasteiger partial charge in [-0.15, -0.1) is 0 Å². The summed E-state index contributed by atoms with van der Waals surface area (Å²) in [6, 6.07) is 4.84. The van der Waals surface area contributed by atoms with Crippen molar-refractivity contribution in [1.82, 2.24) is 9.97 Å². The Labute approximate surface area is 98.3 Å². The number of Topliss-reactive ketones (excluding diaryl/α,β-unsaturated/α-hetero) is 1. The largest absolute Gasteiger partial charge is 0.291 e. The van der Waals surface area contributed by atoms with E-state index < -0.39 is 0 Å². The van der Waals surface area contributed by atoms with Crippen LogP contribution in [0.3, 0.4) is 0 Å². The summed E-state index contributed by atoms with van der Waals surface area (Å²) in [4.78, 5) is 18.9. The van der Waals surface area contributed by atoms with Crippen LogP contribution >= 0.6 is 0 Å². The summed E-state index contributed by atoms with van der Waals surface area (Å²) in [7, 11) is 0. The van der Waals surface area contributed by atoms with Gasteiger partial charge in [-0.25, -0.2) is 14.4 Å². The fraction of sp³-hybridized carbons (Fsp3) is 0.154. The van der Waals surface area contributed by atoms with Crippen LogP contribution in [-0.2, 0) is 0 Å². The number of aromatic nitrogens is 2. The van der Waals surface area contributed by atoms with Crippen LogP contribution in [0.2, 0.25) is 0 Å². The molecule has 2 rings (SSSR count). The van der Waals surface area contributed by atoms with E-state index in [-0.39, 0.29) is 17.4 Å². The van der Waals surface area contributed by atoms with Crippen LogP contribution < -0.4 is 0 Å². The van der Waals surface area contributed by atoms with Crippen molar-refractivity contribution >= 4 is 5.78 Å². The molecular formula is C13H11FN2O. The molecule has 0 saturated carbocycles. The average Bonchev–Trinajstić information content (AvgIpc) is 2.33. The van der Waals surface area contributed by atoms with Gasteiger partial charge in [0, 0.05) is 24.9 Å². The zero-order valence-corrected chi connectivity index (χ0v) is 9.57. The van der Waals surface area contributed by atoms with E-state index >= 15 is 0 Å². The van der Waals surface area contributed by atoms with E-state index in [9.17, 15) is 9.18 Å². The third-order valence-electron chi connectivity index (χ3n) is 2.55. The number of hydrogen-bond donors (Lipinski definition) is 0. The number of benzene rings is 1. The van der Waals surface area contributed by atoms with Gasteiger partial charge in [0.2, 0.25) is 0 Å². The van der Waals surface area contributed by atoms with E-state index in [1.165, 1.54) is 25.4 Å². The molecule has 86 valence electrons. The van der Waals surface area contributed by atoms with E-state index in [1.54, 1.807) is 19.1 Å². The van der Waals surface area contributed by atoms with Crippen molar-refractivity contribution in [1.29, 1.82) is 0 Å². The lowest BCUT2D eigenvalue weighted by Gasteiger charge is -2.06. The molecule has 0 unspecified atom stereocenters. The molecule has 1 aromatic carbocycles. The summed E-state index contributed by atoms with van der Waals surface area (Å²) < 4.78 is 13.4. The molecule has 0 aliphatic heterocycles. The summed E-state index contributed by atoms with van der Waals surface area (Å²) in [5.74, 6) is -0.284. The molecule has 0 saturated heterocycles. The molecule has 2 aromatic rings. The molecule has 3 nitrogen and oxygen atoms in total. The van der Waals surface area contributed by atoms with E-state index in [0.717, 1.165) is 5.56 Å². The standard InChI is InChI=1S/C13H11FN2O/c1-8-11(4-3-5-12(8)14)10-6-15-13(9(2)17)16-7-10/h3-7H,1-2H3. The number of hydrogen-bond acceptors (Lipinski definition) is 3. The lowest BCUT2D eigenvalue weighted by Crippen LogP contribution is -2.00. The van der Waals surface area contributed by atoms with Crippen LogP contribution in [0.1, 0.15) is 23.1 Å². The minimum absolute atomic E-state index is 0.169. The van der Waals surface area contributed by atoms with Gasteiger partial charge in [-0.05, 0) is 24.1 Å². The fourth-order valence-corrected chi connectivity index (χ4v) is 1.57. The van der Waals surface area contributed by atoms with Crippen molar-refractivity contribution in [3.8, 4) is 11.1 Å². The fourth-order valence-electron chi connectivity index (χ4n) is 1.57. The lowest BCUT2D eigenvalue weighted by atomic mass is 10.0. The first-order chi connectivity index (χ1) is 8.09. The normalized spacial score (nSPS) is 10.3. The summed E-state index contributed by atoms with van der Waals surface area (Å²) in [6.45, 7) is 3.10. The summed E-state index contributed by atoms with van der Waals surface area (Å²) in [6.07, 6.45) is 3.07. The minimum Gasteiger partial charge on any atom is -0.291 e. The van der Waals surface area contributed by atoms with Crippen LogP contribution in [0, 0.1) is 12.7 Å². The van der Waals surface area contributed by atoms with Gasteiger partial charge in [-0.1, -0.05) is 12.1 Å². The molecule has 17 heavy (non-hydrogen) atoms. The van der Waals surface area contributed by atoms with Gasteiger partial charge in [0.05, 0.1) is 0 Å². The van der Waals surface area contributed by atoms with Crippen LogP contribution in [0.5, 0.6) is 0 Å². The highest BCUT2D eigenvalue weighted by Crippen LogP contribution is 2.23. The second kappa shape index (κ2) is 4.41. The van der Waals surface area contributed by atoms with Crippen LogP contribution in [-0.4, -0.2) is 15.8 Å². The highest BCUT2D eigenvalue weighted by Gasteiger charge is 2.08. The molecule has 4 heteroatoms. The molecule has 0 N–H and O–H groups in total. The van der Waals surface area contributed by atoms with Crippen molar-refractivity contribution in [2.75, 3.05) is 0 Å². The van der Waals surface area contributed by atoms with Gasteiger partial charge in [0.1, 0.15) is 5.82 Å². The number of rotatable bonds is 2. The van der Waals surface area contributed by atoms with Crippen LogP contribution in [0.4, 0.5) is 4.39 Å². The Bertz CT molecular complexity index is 564. The van der Waals surface area contributed by atoms with Gasteiger partial charge in [0.15, 0.2) is 11.6 Å². The van der Waals surface area contributed by atoms with Gasteiger partial charge >= 0.3 is 0 Å². The maximum Gasteiger partial charge on any atom is 0.196 e. The van der Waals surface area contributed by atoms with Crippen molar-refractivity contribution in [3.05, 3.63) is 47.8 Å². The molecule has 0 bridgehead atoms. The molecule has 0 amide bonds. The summed E-state index contributed by atoms with van der Waals surface area (Å²) in [5, 5.41) is 0. The first-order valence-corrected chi connectivity index (χ1v) is 5.18. The average molecular weight is 230 g/mol. The monoisotopic (exact) mass is 230 g/mol. The van der Waals surface area contributed by atoms with Crippen molar-refractivity contribution in [2.24, 2.45) is 0 Å². The number of carbonyl (C=O) groups excluding carboxylic acids is 1. The quantitative estimate of drug-likeness (QED) is 0.745. The molecule has 0 aliphatic carbocycles. The van der Waals surface area contributed by atoms with Crippen molar-refractivity contribution < 1.29 is 9.18 Å². The maximum atomic E-state index is 13.4. The predicted molar refractivity (Wildman–Crippen MR) is 62.2 cm³/mol. The highest BCUT2D eigenvalue weighted by molar-refractivity contribution is 5.90. The van der Waals surface area contributed by atoms with Gasteiger partial charge < -0.3 is 0 Å². The molecule has 1 heterocycles. The van der Waals surface area contributed by atoms with Gasteiger partial charge in [-0.2, -0.15) is 0 Å². The highest BCUT2D eigenvalue weighted by atomic mass is 19.1.